The molecule has 0 aliphatic carbocycles. The first-order valence-corrected chi connectivity index (χ1v) is 10.9. The monoisotopic (exact) mass is 468 g/mol. The molecular formula is C20H18Cl2N2O3S2. The second-order valence-corrected chi connectivity index (χ2v) is 8.68. The number of rotatable bonds is 6. The Hall–Kier alpha value is -1.80. The summed E-state index contributed by atoms with van der Waals surface area (Å²) < 4.78 is 6.17. The maximum Gasteiger partial charge on any atom is 0.266 e. The maximum absolute atomic E-state index is 12.7. The van der Waals surface area contributed by atoms with E-state index in [1.165, 1.54) is 4.90 Å². The van der Waals surface area contributed by atoms with Crippen LogP contribution in [0.1, 0.15) is 19.6 Å². The summed E-state index contributed by atoms with van der Waals surface area (Å²) >= 11 is 18.7. The zero-order chi connectivity index (χ0) is 21.1. The van der Waals surface area contributed by atoms with Gasteiger partial charge in [0.25, 0.3) is 5.91 Å². The van der Waals surface area contributed by atoms with Gasteiger partial charge in [0.05, 0.1) is 9.93 Å². The lowest BCUT2D eigenvalue weighted by atomic mass is 10.2. The van der Waals surface area contributed by atoms with Gasteiger partial charge in [0.1, 0.15) is 22.4 Å². The van der Waals surface area contributed by atoms with Crippen molar-refractivity contribution >= 4 is 69.4 Å². The van der Waals surface area contributed by atoms with E-state index in [4.69, 9.17) is 39.8 Å². The molecule has 0 N–H and O–H groups in total. The lowest BCUT2D eigenvalue weighted by Crippen LogP contribution is -2.41. The molecule has 0 atom stereocenters. The van der Waals surface area contributed by atoms with Crippen LogP contribution in [-0.4, -0.2) is 45.6 Å². The standard InChI is InChI=1S/C20H18Cl2N2O3S2/c1-3-23(4-2)18(25)11-24-19(26)17(29-20(24)28)10-13-6-8-16(27-13)14-9-12(21)5-7-15(14)22/h5-10H,3-4,11H2,1-2H3/b17-10-. The molecule has 2 amide bonds. The molecule has 9 heteroatoms. The Morgan fingerprint density at radius 1 is 1.24 bits per heavy atom. The smallest absolute Gasteiger partial charge is 0.266 e. The van der Waals surface area contributed by atoms with Gasteiger partial charge in [0.2, 0.25) is 5.91 Å². The molecule has 152 valence electrons. The Kier molecular flexibility index (Phi) is 7.05. The zero-order valence-electron chi connectivity index (χ0n) is 15.8. The number of halogens is 2. The summed E-state index contributed by atoms with van der Waals surface area (Å²) in [6.07, 6.45) is 1.61. The van der Waals surface area contributed by atoms with Gasteiger partial charge in [-0.1, -0.05) is 47.2 Å². The molecule has 0 spiro atoms. The summed E-state index contributed by atoms with van der Waals surface area (Å²) in [7, 11) is 0. The van der Waals surface area contributed by atoms with Crippen molar-refractivity contribution in [2.45, 2.75) is 13.8 Å². The number of thiocarbonyl (C=S) groups is 1. The number of furan rings is 1. The van der Waals surface area contributed by atoms with Crippen LogP contribution in [0.4, 0.5) is 0 Å². The SMILES string of the molecule is CCN(CC)C(=O)CN1C(=O)/C(=C/c2ccc(-c3cc(Cl)ccc3Cl)o2)SC1=S. The Balaban J connectivity index is 1.79. The van der Waals surface area contributed by atoms with Crippen LogP contribution in [0.3, 0.4) is 0 Å². The Labute approximate surface area is 188 Å². The highest BCUT2D eigenvalue weighted by Crippen LogP contribution is 2.35. The van der Waals surface area contributed by atoms with Gasteiger partial charge in [-0.25, -0.2) is 0 Å². The van der Waals surface area contributed by atoms with E-state index in [2.05, 4.69) is 0 Å². The van der Waals surface area contributed by atoms with Crippen molar-refractivity contribution in [2.75, 3.05) is 19.6 Å². The summed E-state index contributed by atoms with van der Waals surface area (Å²) in [6, 6.07) is 8.60. The number of nitrogens with zero attached hydrogens (tertiary/aromatic N) is 2. The molecule has 1 aliphatic heterocycles. The molecule has 1 saturated heterocycles. The zero-order valence-corrected chi connectivity index (χ0v) is 18.9. The predicted octanol–water partition coefficient (Wildman–Crippen LogP) is 5.32. The highest BCUT2D eigenvalue weighted by molar-refractivity contribution is 8.26. The van der Waals surface area contributed by atoms with E-state index in [0.717, 1.165) is 11.8 Å². The van der Waals surface area contributed by atoms with Crippen LogP contribution in [0.25, 0.3) is 17.4 Å². The Bertz CT molecular complexity index is 999. The summed E-state index contributed by atoms with van der Waals surface area (Å²) in [4.78, 5) is 28.5. The fourth-order valence-electron chi connectivity index (χ4n) is 2.84. The topological polar surface area (TPSA) is 53.8 Å². The van der Waals surface area contributed by atoms with Gasteiger partial charge < -0.3 is 9.32 Å². The van der Waals surface area contributed by atoms with Crippen molar-refractivity contribution in [3.05, 3.63) is 51.0 Å². The summed E-state index contributed by atoms with van der Waals surface area (Å²) in [5.41, 5.74) is 0.663. The van der Waals surface area contributed by atoms with Gasteiger partial charge in [0.15, 0.2) is 0 Å². The minimum atomic E-state index is -0.306. The molecule has 29 heavy (non-hydrogen) atoms. The molecule has 0 saturated carbocycles. The van der Waals surface area contributed by atoms with Crippen molar-refractivity contribution in [1.82, 2.24) is 9.80 Å². The molecule has 2 aromatic rings. The van der Waals surface area contributed by atoms with Crippen molar-refractivity contribution in [3.8, 4) is 11.3 Å². The number of hydrogen-bond donors (Lipinski definition) is 0. The number of benzene rings is 1. The number of thioether (sulfide) groups is 1. The van der Waals surface area contributed by atoms with E-state index in [0.29, 0.717) is 49.4 Å². The number of carbonyl (C=O) groups excluding carboxylic acids is 2. The molecule has 1 aromatic carbocycles. The van der Waals surface area contributed by atoms with E-state index in [9.17, 15) is 9.59 Å². The van der Waals surface area contributed by atoms with E-state index < -0.39 is 0 Å². The largest absolute Gasteiger partial charge is 0.457 e. The average Bonchev–Trinajstić information content (AvgIpc) is 3.25. The molecule has 1 aromatic heterocycles. The lowest BCUT2D eigenvalue weighted by molar-refractivity contribution is -0.135. The minimum Gasteiger partial charge on any atom is -0.457 e. The first kappa shape index (κ1) is 21.9. The van der Waals surface area contributed by atoms with Crippen LogP contribution in [0.2, 0.25) is 10.0 Å². The normalized spacial score (nSPS) is 15.4. The molecule has 3 rings (SSSR count). The average molecular weight is 469 g/mol. The van der Waals surface area contributed by atoms with Crippen molar-refractivity contribution in [1.29, 1.82) is 0 Å². The van der Waals surface area contributed by atoms with E-state index >= 15 is 0 Å². The third kappa shape index (κ3) is 4.86. The number of likely N-dealkylation sites (N-methyl/N-ethyl adjacent to an activating group) is 1. The Morgan fingerprint density at radius 3 is 2.66 bits per heavy atom. The van der Waals surface area contributed by atoms with E-state index in [1.807, 2.05) is 13.8 Å². The third-order valence-electron chi connectivity index (χ3n) is 4.38. The predicted molar refractivity (Wildman–Crippen MR) is 122 cm³/mol. The van der Waals surface area contributed by atoms with Crippen LogP contribution in [0.5, 0.6) is 0 Å². The van der Waals surface area contributed by atoms with Crippen LogP contribution in [0, 0.1) is 0 Å². The summed E-state index contributed by atoms with van der Waals surface area (Å²) in [5.74, 6) is 0.574. The lowest BCUT2D eigenvalue weighted by Gasteiger charge is -2.22. The highest BCUT2D eigenvalue weighted by atomic mass is 35.5. The molecule has 1 aliphatic rings. The minimum absolute atomic E-state index is 0.0643. The molecule has 0 unspecified atom stereocenters. The second-order valence-electron chi connectivity index (χ2n) is 6.16. The number of hydrogen-bond acceptors (Lipinski definition) is 5. The molecule has 5 nitrogen and oxygen atoms in total. The van der Waals surface area contributed by atoms with Crippen LogP contribution in [0.15, 0.2) is 39.7 Å². The molecule has 0 bridgehead atoms. The molecule has 0 radical (unpaired) electrons. The van der Waals surface area contributed by atoms with Gasteiger partial charge in [0, 0.05) is 29.8 Å². The fraction of sp³-hybridized carbons (Fsp3) is 0.250. The van der Waals surface area contributed by atoms with Gasteiger partial charge in [-0.05, 0) is 44.2 Å². The number of amides is 2. The van der Waals surface area contributed by atoms with Crippen molar-refractivity contribution in [3.63, 3.8) is 0 Å². The van der Waals surface area contributed by atoms with Crippen LogP contribution < -0.4 is 0 Å². The van der Waals surface area contributed by atoms with E-state index in [1.54, 1.807) is 41.3 Å². The van der Waals surface area contributed by atoms with Gasteiger partial charge in [-0.2, -0.15) is 0 Å². The maximum atomic E-state index is 12.7. The molecule has 1 fully saturated rings. The quantitative estimate of drug-likeness (QED) is 0.423. The summed E-state index contributed by atoms with van der Waals surface area (Å²) in [5, 5.41) is 1.05. The van der Waals surface area contributed by atoms with Crippen molar-refractivity contribution in [2.24, 2.45) is 0 Å². The molecule has 2 heterocycles. The Morgan fingerprint density at radius 2 is 1.97 bits per heavy atom. The molecular weight excluding hydrogens is 451 g/mol. The third-order valence-corrected chi connectivity index (χ3v) is 6.32. The van der Waals surface area contributed by atoms with Crippen LogP contribution in [-0.2, 0) is 9.59 Å². The highest BCUT2D eigenvalue weighted by Gasteiger charge is 2.34. The number of carbonyl (C=O) groups is 2. The van der Waals surface area contributed by atoms with E-state index in [-0.39, 0.29) is 18.4 Å². The second kappa shape index (κ2) is 9.34. The van der Waals surface area contributed by atoms with Gasteiger partial charge in [-0.3, -0.25) is 14.5 Å². The first-order chi connectivity index (χ1) is 13.8. The van der Waals surface area contributed by atoms with Crippen molar-refractivity contribution < 1.29 is 14.0 Å². The first-order valence-electron chi connectivity index (χ1n) is 8.92. The summed E-state index contributed by atoms with van der Waals surface area (Å²) in [6.45, 7) is 4.89. The van der Waals surface area contributed by atoms with Gasteiger partial charge in [-0.15, -0.1) is 0 Å². The van der Waals surface area contributed by atoms with Gasteiger partial charge >= 0.3 is 0 Å². The van der Waals surface area contributed by atoms with Crippen LogP contribution >= 0.6 is 47.2 Å². The fourth-order valence-corrected chi connectivity index (χ4v) is 4.46.